The lowest BCUT2D eigenvalue weighted by atomic mass is 10.2. The van der Waals surface area contributed by atoms with E-state index in [4.69, 9.17) is 14.6 Å². The van der Waals surface area contributed by atoms with E-state index in [1.54, 1.807) is 6.07 Å². The molecule has 100 valence electrons. The highest BCUT2D eigenvalue weighted by atomic mass is 16.5. The van der Waals surface area contributed by atoms with Gasteiger partial charge in [-0.05, 0) is 31.4 Å². The average Bonchev–Trinajstić information content (AvgIpc) is 2.29. The summed E-state index contributed by atoms with van der Waals surface area (Å²) in [6.07, 6.45) is -0.871. The van der Waals surface area contributed by atoms with Gasteiger partial charge in [-0.2, -0.15) is 0 Å². The highest BCUT2D eigenvalue weighted by Gasteiger charge is 2.14. The number of aliphatic carboxylic acids is 1. The molecule has 0 aliphatic rings. The van der Waals surface area contributed by atoms with Gasteiger partial charge in [-0.1, -0.05) is 19.9 Å². The van der Waals surface area contributed by atoms with Gasteiger partial charge in [0, 0.05) is 6.07 Å². The number of rotatable bonds is 6. The van der Waals surface area contributed by atoms with Gasteiger partial charge in [-0.25, -0.2) is 4.79 Å². The Morgan fingerprint density at radius 1 is 1.33 bits per heavy atom. The topological polar surface area (TPSA) is 55.8 Å². The number of hydrogen-bond acceptors (Lipinski definition) is 3. The summed E-state index contributed by atoms with van der Waals surface area (Å²) in [5.74, 6) is 0.699. The zero-order valence-electron chi connectivity index (χ0n) is 11.3. The Bertz CT molecular complexity index is 412. The van der Waals surface area contributed by atoms with Crippen molar-refractivity contribution < 1.29 is 19.4 Å². The standard InChI is InChI=1S/C14H20O4/c1-9(2)8-17-12-6-5-10(3)13(7-12)18-11(4)14(15)16/h5-7,9,11H,8H2,1-4H3,(H,15,16). The van der Waals surface area contributed by atoms with Gasteiger partial charge in [-0.3, -0.25) is 0 Å². The van der Waals surface area contributed by atoms with E-state index in [9.17, 15) is 4.79 Å². The third-order valence-corrected chi connectivity index (χ3v) is 2.39. The van der Waals surface area contributed by atoms with Gasteiger partial charge in [0.15, 0.2) is 6.10 Å². The Morgan fingerprint density at radius 3 is 2.56 bits per heavy atom. The quantitative estimate of drug-likeness (QED) is 0.845. The number of benzene rings is 1. The SMILES string of the molecule is Cc1ccc(OCC(C)C)cc1OC(C)C(=O)O. The fraction of sp³-hybridized carbons (Fsp3) is 0.500. The predicted molar refractivity (Wildman–Crippen MR) is 69.2 cm³/mol. The zero-order valence-corrected chi connectivity index (χ0v) is 11.3. The lowest BCUT2D eigenvalue weighted by Gasteiger charge is -2.15. The zero-order chi connectivity index (χ0) is 13.7. The second-order valence-corrected chi connectivity index (χ2v) is 4.73. The number of carboxylic acids is 1. The summed E-state index contributed by atoms with van der Waals surface area (Å²) in [6.45, 7) is 8.13. The van der Waals surface area contributed by atoms with Crippen LogP contribution in [-0.4, -0.2) is 23.8 Å². The first-order valence-electron chi connectivity index (χ1n) is 6.03. The first-order valence-corrected chi connectivity index (χ1v) is 6.03. The second kappa shape index (κ2) is 6.28. The summed E-state index contributed by atoms with van der Waals surface area (Å²) in [5.41, 5.74) is 0.889. The number of ether oxygens (including phenoxy) is 2. The van der Waals surface area contributed by atoms with Crippen LogP contribution >= 0.6 is 0 Å². The highest BCUT2D eigenvalue weighted by molar-refractivity contribution is 5.72. The Morgan fingerprint density at radius 2 is 2.00 bits per heavy atom. The van der Waals surface area contributed by atoms with Gasteiger partial charge in [0.25, 0.3) is 0 Å². The van der Waals surface area contributed by atoms with Crippen LogP contribution in [0.3, 0.4) is 0 Å². The summed E-state index contributed by atoms with van der Waals surface area (Å²) >= 11 is 0. The molecule has 1 aromatic rings. The van der Waals surface area contributed by atoms with E-state index in [-0.39, 0.29) is 0 Å². The van der Waals surface area contributed by atoms with E-state index in [1.165, 1.54) is 6.92 Å². The monoisotopic (exact) mass is 252 g/mol. The molecule has 4 heteroatoms. The fourth-order valence-corrected chi connectivity index (χ4v) is 1.30. The molecule has 1 atom stereocenters. The van der Waals surface area contributed by atoms with Crippen molar-refractivity contribution in [2.24, 2.45) is 5.92 Å². The molecule has 0 spiro atoms. The van der Waals surface area contributed by atoms with Crippen molar-refractivity contribution >= 4 is 5.97 Å². The van der Waals surface area contributed by atoms with Crippen molar-refractivity contribution in [1.82, 2.24) is 0 Å². The largest absolute Gasteiger partial charge is 0.493 e. The molecule has 0 aliphatic heterocycles. The second-order valence-electron chi connectivity index (χ2n) is 4.73. The van der Waals surface area contributed by atoms with Gasteiger partial charge in [0.1, 0.15) is 11.5 Å². The smallest absolute Gasteiger partial charge is 0.344 e. The average molecular weight is 252 g/mol. The van der Waals surface area contributed by atoms with Crippen molar-refractivity contribution in [2.75, 3.05) is 6.61 Å². The molecule has 1 N–H and O–H groups in total. The molecule has 0 aliphatic carbocycles. The number of carbonyl (C=O) groups is 1. The van der Waals surface area contributed by atoms with Crippen LogP contribution in [0.15, 0.2) is 18.2 Å². The van der Waals surface area contributed by atoms with Gasteiger partial charge in [-0.15, -0.1) is 0 Å². The Hall–Kier alpha value is -1.71. The van der Waals surface area contributed by atoms with Crippen molar-refractivity contribution in [1.29, 1.82) is 0 Å². The summed E-state index contributed by atoms with van der Waals surface area (Å²) in [7, 11) is 0. The van der Waals surface area contributed by atoms with E-state index >= 15 is 0 Å². The van der Waals surface area contributed by atoms with Gasteiger partial charge >= 0.3 is 5.97 Å². The summed E-state index contributed by atoms with van der Waals surface area (Å²) in [4.78, 5) is 10.8. The third kappa shape index (κ3) is 4.28. The molecule has 0 aromatic heterocycles. The maximum absolute atomic E-state index is 10.8. The van der Waals surface area contributed by atoms with E-state index in [2.05, 4.69) is 13.8 Å². The van der Waals surface area contributed by atoms with Crippen LogP contribution < -0.4 is 9.47 Å². The minimum Gasteiger partial charge on any atom is -0.493 e. The van der Waals surface area contributed by atoms with Crippen molar-refractivity contribution in [3.05, 3.63) is 23.8 Å². The summed E-state index contributed by atoms with van der Waals surface area (Å²) < 4.78 is 11.0. The molecule has 4 nitrogen and oxygen atoms in total. The number of aryl methyl sites for hydroxylation is 1. The van der Waals surface area contributed by atoms with Crippen LogP contribution in [-0.2, 0) is 4.79 Å². The molecule has 0 heterocycles. The summed E-state index contributed by atoms with van der Waals surface area (Å²) in [5, 5.41) is 8.82. The Balaban J connectivity index is 2.77. The molecular weight excluding hydrogens is 232 g/mol. The van der Waals surface area contributed by atoms with Crippen molar-refractivity contribution in [2.45, 2.75) is 33.8 Å². The maximum atomic E-state index is 10.8. The van der Waals surface area contributed by atoms with Crippen LogP contribution in [0.5, 0.6) is 11.5 Å². The molecular formula is C14H20O4. The lowest BCUT2D eigenvalue weighted by Crippen LogP contribution is -2.23. The van der Waals surface area contributed by atoms with Gasteiger partial charge in [0.05, 0.1) is 6.61 Å². The molecule has 0 bridgehead atoms. The Kier molecular flexibility index (Phi) is 5.01. The third-order valence-electron chi connectivity index (χ3n) is 2.39. The highest BCUT2D eigenvalue weighted by Crippen LogP contribution is 2.25. The van der Waals surface area contributed by atoms with Gasteiger partial charge in [0.2, 0.25) is 0 Å². The van der Waals surface area contributed by atoms with Crippen LogP contribution in [0.4, 0.5) is 0 Å². The minimum atomic E-state index is -0.983. The summed E-state index contributed by atoms with van der Waals surface area (Å²) in [6, 6.07) is 5.45. The molecule has 18 heavy (non-hydrogen) atoms. The van der Waals surface area contributed by atoms with Crippen molar-refractivity contribution in [3.63, 3.8) is 0 Å². The van der Waals surface area contributed by atoms with E-state index < -0.39 is 12.1 Å². The fourth-order valence-electron chi connectivity index (χ4n) is 1.30. The molecule has 1 aromatic carbocycles. The van der Waals surface area contributed by atoms with Crippen LogP contribution in [0.1, 0.15) is 26.3 Å². The lowest BCUT2D eigenvalue weighted by molar-refractivity contribution is -0.144. The molecule has 1 unspecified atom stereocenters. The number of carboxylic acid groups (broad SMARTS) is 1. The van der Waals surface area contributed by atoms with Crippen LogP contribution in [0.2, 0.25) is 0 Å². The number of hydrogen-bond donors (Lipinski definition) is 1. The van der Waals surface area contributed by atoms with Gasteiger partial charge < -0.3 is 14.6 Å². The molecule has 0 saturated carbocycles. The molecule has 0 saturated heterocycles. The first kappa shape index (κ1) is 14.4. The normalized spacial score (nSPS) is 12.3. The maximum Gasteiger partial charge on any atom is 0.344 e. The minimum absolute atomic E-state index is 0.439. The predicted octanol–water partition coefficient (Wildman–Crippen LogP) is 2.88. The molecule has 0 radical (unpaired) electrons. The Labute approximate surface area is 108 Å². The molecule has 0 fully saturated rings. The van der Waals surface area contributed by atoms with E-state index in [1.807, 2.05) is 19.1 Å². The van der Waals surface area contributed by atoms with E-state index in [0.717, 1.165) is 5.56 Å². The van der Waals surface area contributed by atoms with Crippen LogP contribution in [0, 0.1) is 12.8 Å². The molecule has 1 rings (SSSR count). The first-order chi connectivity index (χ1) is 8.40. The van der Waals surface area contributed by atoms with Crippen molar-refractivity contribution in [3.8, 4) is 11.5 Å². The molecule has 0 amide bonds. The van der Waals surface area contributed by atoms with Crippen LogP contribution in [0.25, 0.3) is 0 Å². The van der Waals surface area contributed by atoms with E-state index in [0.29, 0.717) is 24.0 Å².